The molecule has 38 heavy (non-hydrogen) atoms. The van der Waals surface area contributed by atoms with Crippen molar-refractivity contribution < 1.29 is 27.1 Å². The van der Waals surface area contributed by atoms with Crippen LogP contribution in [0.5, 0.6) is 17.2 Å². The van der Waals surface area contributed by atoms with Crippen LogP contribution in [0.25, 0.3) is 0 Å². The second-order valence-electron chi connectivity index (χ2n) is 8.33. The highest BCUT2D eigenvalue weighted by molar-refractivity contribution is 7.92. The van der Waals surface area contributed by atoms with Crippen molar-refractivity contribution in [2.24, 2.45) is 0 Å². The van der Waals surface area contributed by atoms with Gasteiger partial charge in [0.2, 0.25) is 5.75 Å². The lowest BCUT2D eigenvalue weighted by molar-refractivity contribution is 0.262. The van der Waals surface area contributed by atoms with Crippen molar-refractivity contribution in [1.29, 1.82) is 0 Å². The maximum absolute atomic E-state index is 14.5. The lowest BCUT2D eigenvalue weighted by Crippen LogP contribution is -2.20. The number of hydrogen-bond acceptors (Lipinski definition) is 7. The Bertz CT molecular complexity index is 1530. The minimum atomic E-state index is -3.94. The average Bonchev–Trinajstić information content (AvgIpc) is 3.39. The van der Waals surface area contributed by atoms with E-state index in [-0.39, 0.29) is 39.4 Å². The van der Waals surface area contributed by atoms with E-state index in [4.69, 9.17) is 9.47 Å². The van der Waals surface area contributed by atoms with Crippen LogP contribution in [0.1, 0.15) is 25.3 Å². The molecule has 0 fully saturated rings. The zero-order valence-electron chi connectivity index (χ0n) is 20.7. The van der Waals surface area contributed by atoms with Gasteiger partial charge in [0.25, 0.3) is 10.0 Å². The maximum atomic E-state index is 14.5. The number of nitrogens with zero attached hydrogens (tertiary/aromatic N) is 1. The molecular formula is C26H25FN4O5S2. The van der Waals surface area contributed by atoms with Gasteiger partial charge in [-0.2, -0.15) is 0 Å². The van der Waals surface area contributed by atoms with Gasteiger partial charge in [-0.3, -0.25) is 10.0 Å². The number of carbonyl (C=O) groups is 1. The molecule has 0 spiro atoms. The standard InChI is InChI=1S/C26H25FN4O5S2/c1-16(2)17-7-10-19(11-8-17)38(33,34)31-18-9-12-22(36-24-20(27)5-4-6-23(24)35-3)21(15-18)29-25(32)30-26-28-13-14-37-26/h4-16,31H,1-3H3,(H2,28,29,30,32). The SMILES string of the molecule is COc1cccc(F)c1Oc1ccc(NS(=O)(=O)c2ccc(C(C)C)cc2)cc1NC(=O)Nc1nccs1. The molecule has 0 radical (unpaired) electrons. The van der Waals surface area contributed by atoms with Crippen molar-refractivity contribution in [3.05, 3.63) is 83.6 Å². The van der Waals surface area contributed by atoms with Crippen LogP contribution in [-0.4, -0.2) is 26.5 Å². The molecule has 0 aliphatic carbocycles. The molecule has 0 unspecified atom stereocenters. The minimum Gasteiger partial charge on any atom is -0.493 e. The molecular weight excluding hydrogens is 531 g/mol. The van der Waals surface area contributed by atoms with Gasteiger partial charge in [-0.25, -0.2) is 22.6 Å². The molecule has 0 saturated heterocycles. The van der Waals surface area contributed by atoms with Crippen LogP contribution in [0.2, 0.25) is 0 Å². The maximum Gasteiger partial charge on any atom is 0.325 e. The Morgan fingerprint density at radius 2 is 1.79 bits per heavy atom. The van der Waals surface area contributed by atoms with Crippen LogP contribution in [0, 0.1) is 5.82 Å². The number of benzene rings is 3. The fourth-order valence-electron chi connectivity index (χ4n) is 3.42. The third kappa shape index (κ3) is 6.39. The van der Waals surface area contributed by atoms with Crippen molar-refractivity contribution in [2.75, 3.05) is 22.5 Å². The molecule has 3 N–H and O–H groups in total. The third-order valence-corrected chi connectivity index (χ3v) is 7.44. The molecule has 4 rings (SSSR count). The van der Waals surface area contributed by atoms with Crippen LogP contribution in [0.4, 0.5) is 25.7 Å². The number of nitrogens with one attached hydrogen (secondary N) is 3. The molecule has 4 aromatic rings. The predicted molar refractivity (Wildman–Crippen MR) is 146 cm³/mol. The summed E-state index contributed by atoms with van der Waals surface area (Å²) in [4.78, 5) is 16.7. The molecule has 0 atom stereocenters. The van der Waals surface area contributed by atoms with Crippen LogP contribution in [0.15, 0.2) is 77.1 Å². The molecule has 198 valence electrons. The number of urea groups is 1. The molecule has 2 amide bonds. The number of hydrogen-bond donors (Lipinski definition) is 3. The molecule has 0 aliphatic rings. The Kier molecular flexibility index (Phi) is 8.13. The van der Waals surface area contributed by atoms with Gasteiger partial charge < -0.3 is 14.8 Å². The monoisotopic (exact) mass is 556 g/mol. The van der Waals surface area contributed by atoms with E-state index < -0.39 is 21.9 Å². The van der Waals surface area contributed by atoms with Crippen molar-refractivity contribution in [1.82, 2.24) is 4.98 Å². The molecule has 0 aliphatic heterocycles. The summed E-state index contributed by atoms with van der Waals surface area (Å²) in [6.07, 6.45) is 1.53. The van der Waals surface area contributed by atoms with Gasteiger partial charge in [-0.05, 0) is 53.9 Å². The van der Waals surface area contributed by atoms with Crippen molar-refractivity contribution in [3.8, 4) is 17.2 Å². The summed E-state index contributed by atoms with van der Waals surface area (Å²) in [6.45, 7) is 4.03. The number of halogens is 1. The second kappa shape index (κ2) is 11.5. The topological polar surface area (TPSA) is 119 Å². The summed E-state index contributed by atoms with van der Waals surface area (Å²) >= 11 is 1.21. The normalized spacial score (nSPS) is 11.2. The zero-order chi connectivity index (χ0) is 27.3. The number of ether oxygens (including phenoxy) is 2. The lowest BCUT2D eigenvalue weighted by Gasteiger charge is -2.17. The predicted octanol–water partition coefficient (Wildman–Crippen LogP) is 6.65. The van der Waals surface area contributed by atoms with Crippen molar-refractivity contribution in [3.63, 3.8) is 0 Å². The number of carbonyl (C=O) groups excluding carboxylic acids is 1. The van der Waals surface area contributed by atoms with E-state index in [1.54, 1.807) is 17.5 Å². The number of rotatable bonds is 9. The summed E-state index contributed by atoms with van der Waals surface area (Å²) in [7, 11) is -2.57. The number of para-hydroxylation sites is 1. The molecule has 9 nitrogen and oxygen atoms in total. The molecule has 12 heteroatoms. The highest BCUT2D eigenvalue weighted by atomic mass is 32.2. The Hall–Kier alpha value is -4.16. The van der Waals surface area contributed by atoms with Gasteiger partial charge in [-0.1, -0.05) is 32.0 Å². The van der Waals surface area contributed by atoms with Crippen LogP contribution < -0.4 is 24.8 Å². The van der Waals surface area contributed by atoms with E-state index in [1.165, 1.54) is 73.2 Å². The smallest absolute Gasteiger partial charge is 0.325 e. The lowest BCUT2D eigenvalue weighted by atomic mass is 10.0. The summed E-state index contributed by atoms with van der Waals surface area (Å²) in [5.41, 5.74) is 1.22. The molecule has 0 saturated carbocycles. The Morgan fingerprint density at radius 1 is 1.03 bits per heavy atom. The number of amides is 2. The van der Waals surface area contributed by atoms with Gasteiger partial charge in [-0.15, -0.1) is 11.3 Å². The molecule has 3 aromatic carbocycles. The average molecular weight is 557 g/mol. The number of thiazole rings is 1. The first-order chi connectivity index (χ1) is 18.2. The van der Waals surface area contributed by atoms with Crippen molar-refractivity contribution >= 4 is 43.9 Å². The Labute approximate surface area is 223 Å². The van der Waals surface area contributed by atoms with E-state index >= 15 is 0 Å². The summed E-state index contributed by atoms with van der Waals surface area (Å²) in [5, 5.41) is 7.21. The largest absolute Gasteiger partial charge is 0.493 e. The quantitative estimate of drug-likeness (QED) is 0.212. The van der Waals surface area contributed by atoms with Crippen LogP contribution >= 0.6 is 11.3 Å². The van der Waals surface area contributed by atoms with Crippen LogP contribution in [0.3, 0.4) is 0 Å². The fourth-order valence-corrected chi connectivity index (χ4v) is 4.99. The first-order valence-electron chi connectivity index (χ1n) is 11.4. The first-order valence-corrected chi connectivity index (χ1v) is 13.8. The van der Waals surface area contributed by atoms with E-state index in [0.717, 1.165) is 5.56 Å². The summed E-state index contributed by atoms with van der Waals surface area (Å²) in [5.74, 6) is -0.441. The Balaban J connectivity index is 1.65. The van der Waals surface area contributed by atoms with Crippen LogP contribution in [-0.2, 0) is 10.0 Å². The first kappa shape index (κ1) is 26.9. The molecule has 1 aromatic heterocycles. The second-order valence-corrected chi connectivity index (χ2v) is 10.9. The third-order valence-electron chi connectivity index (χ3n) is 5.35. The Morgan fingerprint density at radius 3 is 2.45 bits per heavy atom. The van der Waals surface area contributed by atoms with Gasteiger partial charge in [0.1, 0.15) is 0 Å². The number of sulfonamides is 1. The van der Waals surface area contributed by atoms with E-state index in [2.05, 4.69) is 20.3 Å². The highest BCUT2D eigenvalue weighted by Gasteiger charge is 2.19. The van der Waals surface area contributed by atoms with E-state index in [9.17, 15) is 17.6 Å². The van der Waals surface area contributed by atoms with Gasteiger partial charge in [0.15, 0.2) is 22.4 Å². The number of anilines is 3. The highest BCUT2D eigenvalue weighted by Crippen LogP contribution is 2.38. The van der Waals surface area contributed by atoms with E-state index in [1.807, 2.05) is 13.8 Å². The van der Waals surface area contributed by atoms with Gasteiger partial charge in [0, 0.05) is 11.6 Å². The van der Waals surface area contributed by atoms with Gasteiger partial charge >= 0.3 is 6.03 Å². The van der Waals surface area contributed by atoms with E-state index in [0.29, 0.717) is 5.13 Å². The molecule has 1 heterocycles. The molecule has 0 bridgehead atoms. The summed E-state index contributed by atoms with van der Waals surface area (Å²) < 4.78 is 54.0. The zero-order valence-corrected chi connectivity index (χ0v) is 22.3. The fraction of sp³-hybridized carbons (Fsp3) is 0.154. The van der Waals surface area contributed by atoms with Gasteiger partial charge in [0.05, 0.1) is 23.4 Å². The summed E-state index contributed by atoms with van der Waals surface area (Å²) in [6, 6.07) is 14.3. The number of aromatic nitrogens is 1. The number of methoxy groups -OCH3 is 1. The minimum absolute atomic E-state index is 0.0481. The van der Waals surface area contributed by atoms with Crippen molar-refractivity contribution in [2.45, 2.75) is 24.7 Å².